The van der Waals surface area contributed by atoms with Crippen LogP contribution in [0.2, 0.25) is 0 Å². The molecule has 0 aliphatic carbocycles. The van der Waals surface area contributed by atoms with E-state index in [2.05, 4.69) is 9.84 Å². The molecule has 1 aliphatic heterocycles. The van der Waals surface area contributed by atoms with Gasteiger partial charge in [-0.25, -0.2) is 0 Å². The quantitative estimate of drug-likeness (QED) is 0.479. The van der Waals surface area contributed by atoms with Gasteiger partial charge in [0.1, 0.15) is 14.0 Å². The lowest BCUT2D eigenvalue weighted by Gasteiger charge is -2.29. The molecule has 0 saturated carbocycles. The van der Waals surface area contributed by atoms with E-state index < -0.39 is 37.8 Å². The van der Waals surface area contributed by atoms with Crippen molar-refractivity contribution in [1.29, 1.82) is 0 Å². The van der Waals surface area contributed by atoms with E-state index in [0.29, 0.717) is 0 Å². The second-order valence-corrected chi connectivity index (χ2v) is 7.58. The molecular formula is C12H23BNO7P. The zero-order valence-electron chi connectivity index (χ0n) is 13.4. The highest BCUT2D eigenvalue weighted by Crippen LogP contribution is 2.50. The van der Waals surface area contributed by atoms with Gasteiger partial charge in [0.15, 0.2) is 6.10 Å². The Bertz CT molecular complexity index is 390. The molecular weight excluding hydrogens is 312 g/mol. The van der Waals surface area contributed by atoms with E-state index >= 15 is 0 Å². The molecule has 1 saturated heterocycles. The smallest absolute Gasteiger partial charge is 0.376 e. The molecule has 1 fully saturated rings. The fraction of sp³-hybridized carbons (Fsp3) is 0.917. The minimum Gasteiger partial charge on any atom is -0.606 e. The van der Waals surface area contributed by atoms with Gasteiger partial charge in [-0.05, 0) is 0 Å². The fourth-order valence-corrected chi connectivity index (χ4v) is 2.60. The highest BCUT2D eigenvalue weighted by molar-refractivity contribution is 7.52. The predicted molar refractivity (Wildman–Crippen MR) is 78.7 cm³/mol. The van der Waals surface area contributed by atoms with Crippen LogP contribution in [0, 0.1) is 5.41 Å². The molecule has 1 heterocycles. The number of nitrogens with one attached hydrogen (secondary N) is 1. The topological polar surface area (TPSA) is 109 Å². The van der Waals surface area contributed by atoms with Crippen LogP contribution < -0.4 is 10.2 Å². The number of methoxy groups -OCH3 is 1. The number of phosphoric ester groups is 1. The van der Waals surface area contributed by atoms with Crippen molar-refractivity contribution in [2.75, 3.05) is 20.8 Å². The molecule has 5 unspecified atom stereocenters. The van der Waals surface area contributed by atoms with Crippen LogP contribution in [0.1, 0.15) is 20.8 Å². The molecule has 1 aliphatic rings. The van der Waals surface area contributed by atoms with E-state index in [4.69, 9.17) is 21.8 Å². The number of carbonyl (C=O) groups is 1. The molecule has 8 nitrogen and oxygen atoms in total. The second kappa shape index (κ2) is 7.53. The molecule has 0 aromatic heterocycles. The number of amides is 1. The summed E-state index contributed by atoms with van der Waals surface area (Å²) < 4.78 is 20.0. The lowest BCUT2D eigenvalue weighted by atomic mass is 9.88. The zero-order chi connectivity index (χ0) is 17.1. The fourth-order valence-electron chi connectivity index (χ4n) is 1.94. The van der Waals surface area contributed by atoms with Crippen molar-refractivity contribution in [2.24, 2.45) is 5.41 Å². The molecule has 0 bridgehead atoms. The molecule has 10 heteroatoms. The van der Waals surface area contributed by atoms with E-state index in [-0.39, 0.29) is 12.5 Å². The number of hydrogen-bond acceptors (Lipinski definition) is 7. The van der Waals surface area contributed by atoms with Crippen molar-refractivity contribution in [3.8, 4) is 0 Å². The van der Waals surface area contributed by atoms with Crippen LogP contribution in [0.15, 0.2) is 0 Å². The van der Waals surface area contributed by atoms with Crippen LogP contribution in [0.4, 0.5) is 0 Å². The minimum absolute atomic E-state index is 0.0873. The Morgan fingerprint density at radius 3 is 2.50 bits per heavy atom. The van der Waals surface area contributed by atoms with E-state index in [9.17, 15) is 14.6 Å². The minimum atomic E-state index is -4.27. The maximum absolute atomic E-state index is 12.1. The third-order valence-corrected chi connectivity index (χ3v) is 4.17. The number of phosphoric acid groups is 1. The first kappa shape index (κ1) is 19.8. The summed E-state index contributed by atoms with van der Waals surface area (Å²) in [4.78, 5) is 33.4. The Balaban J connectivity index is 2.92. The first-order valence-corrected chi connectivity index (χ1v) is 8.29. The lowest BCUT2D eigenvalue weighted by Crippen LogP contribution is -2.52. The van der Waals surface area contributed by atoms with Gasteiger partial charge in [-0.1, -0.05) is 20.8 Å². The Kier molecular flexibility index (Phi) is 6.77. The summed E-state index contributed by atoms with van der Waals surface area (Å²) in [6.07, 6.45) is -1.68. The van der Waals surface area contributed by atoms with E-state index in [1.807, 2.05) is 0 Å². The maximum atomic E-state index is 12.1. The van der Waals surface area contributed by atoms with Crippen molar-refractivity contribution >= 4 is 21.9 Å². The van der Waals surface area contributed by atoms with Crippen LogP contribution in [0.3, 0.4) is 0 Å². The monoisotopic (exact) mass is 335 g/mol. The molecule has 0 spiro atoms. The van der Waals surface area contributed by atoms with E-state index in [0.717, 1.165) is 7.11 Å². The zero-order valence-corrected chi connectivity index (χ0v) is 14.3. The van der Waals surface area contributed by atoms with E-state index in [1.54, 1.807) is 20.8 Å². The van der Waals surface area contributed by atoms with Crippen LogP contribution in [0.5, 0.6) is 0 Å². The summed E-state index contributed by atoms with van der Waals surface area (Å²) in [7, 11) is 4.08. The highest BCUT2D eigenvalue weighted by atomic mass is 31.2. The van der Waals surface area contributed by atoms with Gasteiger partial charge in [-0.3, -0.25) is 4.79 Å². The average Bonchev–Trinajstić information content (AvgIpc) is 2.66. The summed E-state index contributed by atoms with van der Waals surface area (Å²) in [5, 5.41) is 2.70. The molecule has 0 aromatic carbocycles. The molecule has 1 amide bonds. The second-order valence-electron chi connectivity index (χ2n) is 6.06. The first-order valence-electron chi connectivity index (χ1n) is 6.79. The van der Waals surface area contributed by atoms with Gasteiger partial charge in [-0.2, -0.15) is 13.9 Å². The standard InChI is InChI=1S/C12H23BNO7P/c1-12(2,3)11(15)14-8-9(21-22(16,17)19-5)7(6-18-4)20-10(8)13/h7-10H,6H2,1-5H3,(H,14,15)(H,16,17). The summed E-state index contributed by atoms with van der Waals surface area (Å²) in [6.45, 7) is 5.29. The van der Waals surface area contributed by atoms with Crippen LogP contribution >= 0.6 is 8.17 Å². The Morgan fingerprint density at radius 1 is 1.45 bits per heavy atom. The summed E-state index contributed by atoms with van der Waals surface area (Å²) >= 11 is 0. The Labute approximate surface area is 132 Å². The van der Waals surface area contributed by atoms with Crippen molar-refractivity contribution in [3.05, 3.63) is 0 Å². The number of rotatable bonds is 6. The van der Waals surface area contributed by atoms with Gasteiger partial charge < -0.3 is 19.7 Å². The van der Waals surface area contributed by atoms with Gasteiger partial charge in [0.05, 0.1) is 19.8 Å². The Morgan fingerprint density at radius 2 is 2.05 bits per heavy atom. The summed E-state index contributed by atoms with van der Waals surface area (Å²) in [6, 6.07) is -1.70. The van der Waals surface area contributed by atoms with Gasteiger partial charge >= 0.3 is 8.17 Å². The van der Waals surface area contributed by atoms with Crippen molar-refractivity contribution in [3.63, 3.8) is 0 Å². The molecule has 5 atom stereocenters. The maximum Gasteiger partial charge on any atom is 0.376 e. The SMILES string of the molecule is [B]C1OC(COC)C(O[P+]([O-])(O)OC)C1NC(=O)C(C)(C)C. The summed E-state index contributed by atoms with van der Waals surface area (Å²) in [5.41, 5.74) is -0.659. The van der Waals surface area contributed by atoms with Crippen molar-refractivity contribution < 1.29 is 33.1 Å². The van der Waals surface area contributed by atoms with Gasteiger partial charge in [0.2, 0.25) is 5.91 Å². The number of ether oxygens (including phenoxy) is 2. The van der Waals surface area contributed by atoms with Crippen LogP contribution in [0.25, 0.3) is 0 Å². The molecule has 1 rings (SSSR count). The third kappa shape index (κ3) is 5.13. The number of hydrogen-bond donors (Lipinski definition) is 2. The predicted octanol–water partition coefficient (Wildman–Crippen LogP) is -0.881. The van der Waals surface area contributed by atoms with E-state index in [1.165, 1.54) is 7.11 Å². The first-order chi connectivity index (χ1) is 10.0. The van der Waals surface area contributed by atoms with Crippen molar-refractivity contribution in [2.45, 2.75) is 45.0 Å². The largest absolute Gasteiger partial charge is 0.606 e. The average molecular weight is 335 g/mol. The molecule has 126 valence electrons. The molecule has 22 heavy (non-hydrogen) atoms. The number of carbonyl (C=O) groups excluding carboxylic acids is 1. The highest BCUT2D eigenvalue weighted by Gasteiger charge is 2.49. The summed E-state index contributed by atoms with van der Waals surface area (Å²) in [5.74, 6) is -0.284. The molecule has 2 radical (unpaired) electrons. The van der Waals surface area contributed by atoms with Gasteiger partial charge in [0.25, 0.3) is 0 Å². The van der Waals surface area contributed by atoms with Crippen LogP contribution in [-0.2, 0) is 23.3 Å². The van der Waals surface area contributed by atoms with Gasteiger partial charge in [0, 0.05) is 18.5 Å². The van der Waals surface area contributed by atoms with Crippen LogP contribution in [-0.4, -0.2) is 63.7 Å². The Hall–Kier alpha value is -0.275. The normalized spacial score (nSPS) is 31.8. The lowest BCUT2D eigenvalue weighted by molar-refractivity contribution is -0.247. The molecule has 2 N–H and O–H groups in total. The molecule has 0 aromatic rings. The van der Waals surface area contributed by atoms with Gasteiger partial charge in [-0.15, -0.1) is 0 Å². The third-order valence-electron chi connectivity index (χ3n) is 3.20. The van der Waals surface area contributed by atoms with Crippen molar-refractivity contribution in [1.82, 2.24) is 5.32 Å².